The third kappa shape index (κ3) is 3.33. The first-order valence-corrected chi connectivity index (χ1v) is 7.33. The molecule has 0 aromatic heterocycles. The standard InChI is InChI=1S/C12H11F3O6S/c1-11(2)19-9(10(16)20-11)7-4-3-5-8(6-7)21-22(17,18)12(13,14)15/h3-6,9H,1-2H3. The molecule has 22 heavy (non-hydrogen) atoms. The van der Waals surface area contributed by atoms with Crippen molar-refractivity contribution in [2.45, 2.75) is 31.2 Å². The molecular weight excluding hydrogens is 329 g/mol. The quantitative estimate of drug-likeness (QED) is 0.477. The van der Waals surface area contributed by atoms with E-state index in [0.29, 0.717) is 0 Å². The van der Waals surface area contributed by atoms with Gasteiger partial charge in [-0.2, -0.15) is 21.6 Å². The molecule has 0 N–H and O–H groups in total. The fourth-order valence-electron chi connectivity index (χ4n) is 1.76. The van der Waals surface area contributed by atoms with E-state index in [1.807, 2.05) is 0 Å². The van der Waals surface area contributed by atoms with E-state index in [4.69, 9.17) is 9.47 Å². The Bertz CT molecular complexity index is 695. The van der Waals surface area contributed by atoms with Crippen LogP contribution in [0, 0.1) is 0 Å². The smallest absolute Gasteiger partial charge is 0.431 e. The first-order chi connectivity index (χ1) is 9.91. The van der Waals surface area contributed by atoms with E-state index in [1.165, 1.54) is 26.0 Å². The molecule has 1 aromatic carbocycles. The lowest BCUT2D eigenvalue weighted by Crippen LogP contribution is -2.28. The summed E-state index contributed by atoms with van der Waals surface area (Å²) in [5, 5.41) is 0. The Morgan fingerprint density at radius 2 is 1.91 bits per heavy atom. The molecule has 1 unspecified atom stereocenters. The van der Waals surface area contributed by atoms with Gasteiger partial charge >= 0.3 is 21.6 Å². The molecule has 0 saturated carbocycles. The second kappa shape index (κ2) is 5.13. The zero-order valence-electron chi connectivity index (χ0n) is 11.4. The molecule has 1 aromatic rings. The molecular formula is C12H11F3O6S. The van der Waals surface area contributed by atoms with Crippen LogP contribution in [-0.2, 0) is 24.4 Å². The third-order valence-electron chi connectivity index (χ3n) is 2.61. The molecule has 1 heterocycles. The van der Waals surface area contributed by atoms with Crippen molar-refractivity contribution in [2.75, 3.05) is 0 Å². The summed E-state index contributed by atoms with van der Waals surface area (Å²) in [4.78, 5) is 11.7. The van der Waals surface area contributed by atoms with Crippen LogP contribution in [0.15, 0.2) is 24.3 Å². The third-order valence-corrected chi connectivity index (χ3v) is 3.59. The van der Waals surface area contributed by atoms with Crippen molar-refractivity contribution in [1.29, 1.82) is 0 Å². The summed E-state index contributed by atoms with van der Waals surface area (Å²) in [6, 6.07) is 4.59. The van der Waals surface area contributed by atoms with Gasteiger partial charge < -0.3 is 13.7 Å². The SMILES string of the molecule is CC1(C)OC(=O)C(c2cccc(OS(=O)(=O)C(F)(F)F)c2)O1. The number of hydrogen-bond acceptors (Lipinski definition) is 6. The van der Waals surface area contributed by atoms with Crippen LogP contribution < -0.4 is 4.18 Å². The molecule has 10 heteroatoms. The van der Waals surface area contributed by atoms with Crippen LogP contribution in [0.4, 0.5) is 13.2 Å². The van der Waals surface area contributed by atoms with Gasteiger partial charge in [-0.3, -0.25) is 0 Å². The first kappa shape index (κ1) is 16.6. The minimum absolute atomic E-state index is 0.116. The largest absolute Gasteiger partial charge is 0.534 e. The summed E-state index contributed by atoms with van der Waals surface area (Å²) in [7, 11) is -5.78. The zero-order valence-corrected chi connectivity index (χ0v) is 12.2. The van der Waals surface area contributed by atoms with Gasteiger partial charge in [-0.25, -0.2) is 4.79 Å². The van der Waals surface area contributed by atoms with E-state index in [0.717, 1.165) is 12.1 Å². The number of halogens is 3. The van der Waals surface area contributed by atoms with Crippen LogP contribution in [0.2, 0.25) is 0 Å². The first-order valence-electron chi connectivity index (χ1n) is 5.93. The van der Waals surface area contributed by atoms with Gasteiger partial charge in [0.2, 0.25) is 5.79 Å². The summed E-state index contributed by atoms with van der Waals surface area (Å²) >= 11 is 0. The lowest BCUT2D eigenvalue weighted by molar-refractivity contribution is -0.160. The maximum atomic E-state index is 12.3. The van der Waals surface area contributed by atoms with Gasteiger partial charge in [0.15, 0.2) is 6.10 Å². The van der Waals surface area contributed by atoms with Gasteiger partial charge in [0.25, 0.3) is 0 Å². The number of carbonyl (C=O) groups excluding carboxylic acids is 1. The lowest BCUT2D eigenvalue weighted by Gasteiger charge is -2.15. The average Bonchev–Trinajstić information content (AvgIpc) is 2.61. The maximum absolute atomic E-state index is 12.3. The Hall–Kier alpha value is -1.81. The highest BCUT2D eigenvalue weighted by Crippen LogP contribution is 2.35. The predicted octanol–water partition coefficient (Wildman–Crippen LogP) is 2.27. The average molecular weight is 340 g/mol. The Balaban J connectivity index is 2.27. The molecule has 1 atom stereocenters. The van der Waals surface area contributed by atoms with Gasteiger partial charge in [0.05, 0.1) is 0 Å². The number of carbonyl (C=O) groups is 1. The van der Waals surface area contributed by atoms with E-state index in [9.17, 15) is 26.4 Å². The molecule has 6 nitrogen and oxygen atoms in total. The second-order valence-electron chi connectivity index (χ2n) is 4.87. The van der Waals surface area contributed by atoms with E-state index in [-0.39, 0.29) is 5.56 Å². The predicted molar refractivity (Wildman–Crippen MR) is 66.0 cm³/mol. The number of benzene rings is 1. The van der Waals surface area contributed by atoms with Crippen molar-refractivity contribution in [2.24, 2.45) is 0 Å². The molecule has 2 rings (SSSR count). The number of hydrogen-bond donors (Lipinski definition) is 0. The van der Waals surface area contributed by atoms with Crippen LogP contribution in [0.3, 0.4) is 0 Å². The summed E-state index contributed by atoms with van der Waals surface area (Å²) in [5.74, 6) is -2.51. The normalized spacial score (nSPS) is 21.5. The molecule has 0 amide bonds. The minimum atomic E-state index is -5.78. The Labute approximate surface area is 123 Å². The van der Waals surface area contributed by atoms with Crippen molar-refractivity contribution >= 4 is 16.1 Å². The fraction of sp³-hybridized carbons (Fsp3) is 0.417. The van der Waals surface area contributed by atoms with Crippen LogP contribution in [0.5, 0.6) is 5.75 Å². The van der Waals surface area contributed by atoms with Gasteiger partial charge in [0.1, 0.15) is 5.75 Å². The van der Waals surface area contributed by atoms with Crippen LogP contribution in [0.25, 0.3) is 0 Å². The van der Waals surface area contributed by atoms with E-state index >= 15 is 0 Å². The molecule has 1 aliphatic rings. The van der Waals surface area contributed by atoms with Gasteiger partial charge in [-0.15, -0.1) is 0 Å². The topological polar surface area (TPSA) is 78.9 Å². The number of ether oxygens (including phenoxy) is 2. The fourth-order valence-corrected chi connectivity index (χ4v) is 2.21. The monoisotopic (exact) mass is 340 g/mol. The van der Waals surface area contributed by atoms with Gasteiger partial charge in [0, 0.05) is 13.8 Å². The lowest BCUT2D eigenvalue weighted by atomic mass is 10.1. The second-order valence-corrected chi connectivity index (χ2v) is 6.41. The Morgan fingerprint density at radius 3 is 2.41 bits per heavy atom. The van der Waals surface area contributed by atoms with Crippen molar-refractivity contribution in [3.05, 3.63) is 29.8 Å². The molecule has 0 aliphatic carbocycles. The summed E-state index contributed by atoms with van der Waals surface area (Å²) in [5.41, 5.74) is -5.43. The molecule has 1 fully saturated rings. The number of cyclic esters (lactones) is 1. The molecule has 1 aliphatic heterocycles. The zero-order chi connectivity index (χ0) is 16.8. The highest BCUT2D eigenvalue weighted by atomic mass is 32.2. The molecule has 0 spiro atoms. The van der Waals surface area contributed by atoms with Gasteiger partial charge in [-0.05, 0) is 17.7 Å². The summed E-state index contributed by atoms with van der Waals surface area (Å²) in [6.45, 7) is 2.97. The van der Waals surface area contributed by atoms with Crippen LogP contribution in [-0.4, -0.2) is 25.7 Å². The number of rotatable bonds is 3. The molecule has 1 saturated heterocycles. The molecule has 0 bridgehead atoms. The van der Waals surface area contributed by atoms with Crippen molar-refractivity contribution in [3.63, 3.8) is 0 Å². The van der Waals surface area contributed by atoms with E-state index < -0.39 is 39.2 Å². The van der Waals surface area contributed by atoms with Crippen molar-refractivity contribution in [3.8, 4) is 5.75 Å². The van der Waals surface area contributed by atoms with Crippen LogP contribution in [0.1, 0.15) is 25.5 Å². The summed E-state index contributed by atoms with van der Waals surface area (Å²) < 4.78 is 72.9. The van der Waals surface area contributed by atoms with Gasteiger partial charge in [-0.1, -0.05) is 12.1 Å². The number of alkyl halides is 3. The van der Waals surface area contributed by atoms with Crippen molar-refractivity contribution in [1.82, 2.24) is 0 Å². The van der Waals surface area contributed by atoms with Crippen LogP contribution >= 0.6 is 0 Å². The highest BCUT2D eigenvalue weighted by Gasteiger charge is 2.48. The molecule has 122 valence electrons. The maximum Gasteiger partial charge on any atom is 0.534 e. The van der Waals surface area contributed by atoms with E-state index in [2.05, 4.69) is 4.18 Å². The van der Waals surface area contributed by atoms with E-state index in [1.54, 1.807) is 0 Å². The van der Waals surface area contributed by atoms with Crippen molar-refractivity contribution < 1.29 is 40.0 Å². The highest BCUT2D eigenvalue weighted by molar-refractivity contribution is 7.88. The summed E-state index contributed by atoms with van der Waals surface area (Å²) in [6.07, 6.45) is -1.17. The number of esters is 1. The Morgan fingerprint density at radius 1 is 1.27 bits per heavy atom. The minimum Gasteiger partial charge on any atom is -0.431 e. The Kier molecular flexibility index (Phi) is 3.86. The molecule has 0 radical (unpaired) electrons.